The fraction of sp³-hybridized carbons (Fsp3) is 0.577. The molecule has 0 unspecified atom stereocenters. The third kappa shape index (κ3) is 5.93. The van der Waals surface area contributed by atoms with Gasteiger partial charge in [-0.2, -0.15) is 8.42 Å². The minimum Gasteiger partial charge on any atom is -0.488 e. The number of amides is 1. The van der Waals surface area contributed by atoms with E-state index in [9.17, 15) is 18.0 Å². The Hall–Kier alpha value is -2.67. The lowest BCUT2D eigenvalue weighted by atomic mass is 10.1. The topological polar surface area (TPSA) is 142 Å². The molecule has 13 heteroatoms. The lowest BCUT2D eigenvalue weighted by Crippen LogP contribution is -2.52. The van der Waals surface area contributed by atoms with E-state index < -0.39 is 39.5 Å². The zero-order valence-electron chi connectivity index (χ0n) is 22.0. The van der Waals surface area contributed by atoms with Gasteiger partial charge in [0.15, 0.2) is 0 Å². The Bertz CT molecular complexity index is 1400. The van der Waals surface area contributed by atoms with Crippen LogP contribution in [-0.4, -0.2) is 61.7 Å². The summed E-state index contributed by atoms with van der Waals surface area (Å²) in [5, 5.41) is 7.07. The predicted octanol–water partition coefficient (Wildman–Crippen LogP) is 3.04. The first-order valence-electron chi connectivity index (χ1n) is 13.1. The van der Waals surface area contributed by atoms with Crippen LogP contribution >= 0.6 is 11.6 Å². The fourth-order valence-electron chi connectivity index (χ4n) is 4.93. The lowest BCUT2D eigenvalue weighted by Gasteiger charge is -2.21. The summed E-state index contributed by atoms with van der Waals surface area (Å²) in [5.41, 5.74) is -1.69. The van der Waals surface area contributed by atoms with Gasteiger partial charge >= 0.3 is 16.4 Å². The highest BCUT2D eigenvalue weighted by molar-refractivity contribution is 7.82. The average molecular weight is 582 g/mol. The normalized spacial score (nSPS) is 27.1. The predicted molar refractivity (Wildman–Crippen MR) is 142 cm³/mol. The highest BCUT2D eigenvalue weighted by Gasteiger charge is 2.63. The van der Waals surface area contributed by atoms with Crippen LogP contribution in [0.4, 0.5) is 0 Å². The molecule has 1 saturated heterocycles. The van der Waals surface area contributed by atoms with Crippen LogP contribution in [0.25, 0.3) is 10.9 Å². The van der Waals surface area contributed by atoms with Gasteiger partial charge in [-0.05, 0) is 51.2 Å². The Morgan fingerprint density at radius 3 is 2.69 bits per heavy atom. The third-order valence-corrected chi connectivity index (χ3v) is 8.73. The molecule has 2 aliphatic carbocycles. The van der Waals surface area contributed by atoms with Gasteiger partial charge in [-0.1, -0.05) is 31.0 Å². The number of benzene rings is 1. The van der Waals surface area contributed by atoms with E-state index in [0.29, 0.717) is 66.4 Å². The lowest BCUT2D eigenvalue weighted by molar-refractivity contribution is -0.142. The Kier molecular flexibility index (Phi) is 7.42. The molecule has 212 valence electrons. The Morgan fingerprint density at radius 1 is 1.26 bits per heavy atom. The van der Waals surface area contributed by atoms with Crippen LogP contribution in [0.15, 0.2) is 24.3 Å². The molecule has 1 aromatic carbocycles. The molecule has 2 heterocycles. The van der Waals surface area contributed by atoms with Gasteiger partial charge in [0.25, 0.3) is 0 Å². The second kappa shape index (κ2) is 10.4. The summed E-state index contributed by atoms with van der Waals surface area (Å²) in [5.74, 6) is -0.788. The van der Waals surface area contributed by atoms with Crippen molar-refractivity contribution in [2.24, 2.45) is 5.92 Å². The number of nitrogens with zero attached hydrogens (tertiary/aromatic N) is 1. The largest absolute Gasteiger partial charge is 0.488 e. The average Bonchev–Trinajstić information content (AvgIpc) is 3.72. The van der Waals surface area contributed by atoms with Crippen molar-refractivity contribution in [2.75, 3.05) is 13.2 Å². The van der Waals surface area contributed by atoms with Crippen molar-refractivity contribution in [3.63, 3.8) is 0 Å². The number of carbonyl (C=O) groups excluding carboxylic acids is 2. The van der Waals surface area contributed by atoms with E-state index in [1.54, 1.807) is 25.1 Å². The Balaban J connectivity index is 1.25. The highest BCUT2D eigenvalue weighted by atomic mass is 35.5. The maximum atomic E-state index is 13.2. The zero-order chi connectivity index (χ0) is 28.0. The Labute approximate surface area is 232 Å². The van der Waals surface area contributed by atoms with Crippen molar-refractivity contribution in [1.82, 2.24) is 15.6 Å². The van der Waals surface area contributed by atoms with E-state index in [-0.39, 0.29) is 18.4 Å². The summed E-state index contributed by atoms with van der Waals surface area (Å²) < 4.78 is 46.2. The number of aromatic nitrogens is 1. The molecule has 1 aromatic heterocycles. The maximum absolute atomic E-state index is 13.2. The van der Waals surface area contributed by atoms with Crippen molar-refractivity contribution in [1.29, 1.82) is 0 Å². The van der Waals surface area contributed by atoms with Crippen molar-refractivity contribution in [3.05, 3.63) is 29.3 Å². The highest BCUT2D eigenvalue weighted by Crippen LogP contribution is 2.48. The second-order valence-corrected chi connectivity index (χ2v) is 12.1. The number of nitrogens with one attached hydrogen (secondary N) is 2. The van der Waals surface area contributed by atoms with Crippen molar-refractivity contribution in [3.8, 4) is 11.6 Å². The summed E-state index contributed by atoms with van der Waals surface area (Å²) in [4.78, 5) is 30.6. The van der Waals surface area contributed by atoms with Gasteiger partial charge in [-0.25, -0.2) is 14.0 Å². The molecule has 2 aromatic rings. The molecule has 11 nitrogen and oxygen atoms in total. The van der Waals surface area contributed by atoms with Crippen LogP contribution in [0.5, 0.6) is 11.6 Å². The van der Waals surface area contributed by atoms with Gasteiger partial charge in [-0.3, -0.25) is 4.79 Å². The summed E-state index contributed by atoms with van der Waals surface area (Å²) in [6, 6.07) is 6.43. The Morgan fingerprint density at radius 2 is 2.03 bits per heavy atom. The van der Waals surface area contributed by atoms with Gasteiger partial charge in [0, 0.05) is 24.4 Å². The van der Waals surface area contributed by atoms with E-state index in [1.165, 1.54) is 0 Å². The number of rotatable bonds is 11. The first-order valence-corrected chi connectivity index (χ1v) is 14.8. The molecule has 1 amide bonds. The monoisotopic (exact) mass is 581 g/mol. The van der Waals surface area contributed by atoms with Crippen molar-refractivity contribution in [2.45, 2.75) is 76.2 Å². The molecule has 0 spiro atoms. The van der Waals surface area contributed by atoms with E-state index in [2.05, 4.69) is 15.6 Å². The standard InChI is InChI=1S/C26H32ClN3O8S/c1-4-15-13-26(15,24(32)37-39(33,34)38-25(3)9-10-25)30-23(31)19-11-16(14-28-19)36-20-12-21(35-5-2)29-22-17(20)7-6-8-18(22)27/h6-8,12,15-16,19,28H,4-5,9-11,13-14H2,1-3H3,(H,30,31)/t15-,16-,19+,26-/m1/s1. The molecule has 2 N–H and O–H groups in total. The quantitative estimate of drug-likeness (QED) is 0.406. The molecule has 39 heavy (non-hydrogen) atoms. The van der Waals surface area contributed by atoms with Crippen molar-refractivity contribution < 1.29 is 35.8 Å². The summed E-state index contributed by atoms with van der Waals surface area (Å²) in [6.07, 6.45) is 1.94. The van der Waals surface area contributed by atoms with E-state index >= 15 is 0 Å². The number of hydrogen-bond acceptors (Lipinski definition) is 10. The minimum absolute atomic E-state index is 0.237. The molecule has 2 saturated carbocycles. The number of para-hydroxylation sites is 1. The number of pyridine rings is 1. The maximum Gasteiger partial charge on any atom is 0.452 e. The van der Waals surface area contributed by atoms with Gasteiger partial charge in [0.05, 0.1) is 28.8 Å². The fourth-order valence-corrected chi connectivity index (χ4v) is 6.17. The number of carbonyl (C=O) groups is 2. The molecular weight excluding hydrogens is 550 g/mol. The third-order valence-electron chi connectivity index (χ3n) is 7.47. The van der Waals surface area contributed by atoms with Crippen LogP contribution in [0.3, 0.4) is 0 Å². The number of halogens is 1. The summed E-state index contributed by atoms with van der Waals surface area (Å²) in [6.45, 7) is 6.15. The summed E-state index contributed by atoms with van der Waals surface area (Å²) in [7, 11) is -4.54. The molecule has 5 rings (SSSR count). The second-order valence-electron chi connectivity index (χ2n) is 10.5. The van der Waals surface area contributed by atoms with Gasteiger partial charge in [0.1, 0.15) is 17.4 Å². The van der Waals surface area contributed by atoms with Crippen LogP contribution in [0.1, 0.15) is 52.9 Å². The number of ether oxygens (including phenoxy) is 2. The van der Waals surface area contributed by atoms with E-state index in [0.717, 1.165) is 0 Å². The summed E-state index contributed by atoms with van der Waals surface area (Å²) >= 11 is 6.35. The molecule has 3 aliphatic rings. The van der Waals surface area contributed by atoms with Gasteiger partial charge in [-0.15, -0.1) is 0 Å². The SMILES string of the molecule is CCOc1cc(O[C@H]2CN[C@H](C(=O)N[C@]3(C(=O)OS(=O)(=O)OC4(C)CC4)C[C@H]3CC)C2)c2cccc(Cl)c2n1. The van der Waals surface area contributed by atoms with Gasteiger partial charge < -0.3 is 24.3 Å². The molecule has 0 bridgehead atoms. The first-order chi connectivity index (χ1) is 18.5. The van der Waals surface area contributed by atoms with Gasteiger partial charge in [0.2, 0.25) is 11.8 Å². The van der Waals surface area contributed by atoms with E-state index in [1.807, 2.05) is 19.9 Å². The van der Waals surface area contributed by atoms with Crippen LogP contribution in [-0.2, 0) is 28.4 Å². The van der Waals surface area contributed by atoms with Crippen LogP contribution in [0, 0.1) is 5.92 Å². The minimum atomic E-state index is -4.54. The van der Waals surface area contributed by atoms with Crippen molar-refractivity contribution >= 4 is 44.8 Å². The molecular formula is C26H32ClN3O8S. The zero-order valence-corrected chi connectivity index (χ0v) is 23.6. The molecule has 0 radical (unpaired) electrons. The van der Waals surface area contributed by atoms with E-state index in [4.69, 9.17) is 29.4 Å². The number of hydrogen-bond donors (Lipinski definition) is 2. The molecule has 4 atom stereocenters. The smallest absolute Gasteiger partial charge is 0.452 e. The number of fused-ring (bicyclic) bond motifs is 1. The van der Waals surface area contributed by atoms with Crippen LogP contribution in [0.2, 0.25) is 5.02 Å². The first kappa shape index (κ1) is 27.9. The van der Waals surface area contributed by atoms with Crippen LogP contribution < -0.4 is 20.1 Å². The molecule has 3 fully saturated rings. The molecule has 1 aliphatic heterocycles.